The Hall–Kier alpha value is -2.72. The van der Waals surface area contributed by atoms with Gasteiger partial charge in [0.1, 0.15) is 12.7 Å². The number of Topliss-reactive ketones (excluding diaryl/α,β-unsaturated/α-hetero) is 1. The molecule has 2 aliphatic heterocycles. The first-order valence-electron chi connectivity index (χ1n) is 13.7. The number of carbonyl (C=O) groups is 1. The number of ether oxygens (including phenoxy) is 2. The van der Waals surface area contributed by atoms with Crippen molar-refractivity contribution in [2.45, 2.75) is 55.0 Å². The molecule has 4 aliphatic rings. The molecule has 1 saturated carbocycles. The van der Waals surface area contributed by atoms with Crippen LogP contribution in [-0.4, -0.2) is 80.6 Å². The number of sulfonamides is 1. The number of benzene rings is 2. The van der Waals surface area contributed by atoms with Crippen LogP contribution in [0.2, 0.25) is 0 Å². The minimum atomic E-state index is -3.64. The van der Waals surface area contributed by atoms with Crippen molar-refractivity contribution in [1.82, 2.24) is 9.21 Å². The predicted octanol–water partition coefficient (Wildman–Crippen LogP) is 3.28. The summed E-state index contributed by atoms with van der Waals surface area (Å²) in [4.78, 5) is 15.4. The van der Waals surface area contributed by atoms with Crippen molar-refractivity contribution >= 4 is 15.8 Å². The fourth-order valence-corrected chi connectivity index (χ4v) is 9.40. The number of rotatable bonds is 9. The number of nitrogens with zero attached hydrogens (tertiary/aromatic N) is 2. The Morgan fingerprint density at radius 2 is 2.08 bits per heavy atom. The van der Waals surface area contributed by atoms with E-state index in [0.717, 1.165) is 49.0 Å². The van der Waals surface area contributed by atoms with Crippen LogP contribution in [-0.2, 0) is 32.3 Å². The summed E-state index contributed by atoms with van der Waals surface area (Å²) in [5, 5.41) is 11.3. The molecule has 0 amide bonds. The molecule has 1 N–H and O–H groups in total. The average Bonchev–Trinajstić information content (AvgIpc) is 3.26. The van der Waals surface area contributed by atoms with Crippen molar-refractivity contribution in [2.75, 3.05) is 33.9 Å². The van der Waals surface area contributed by atoms with Crippen LogP contribution >= 0.6 is 0 Å². The molecular formula is C30H36N2O6S. The second kappa shape index (κ2) is 9.73. The number of likely N-dealkylation sites (tertiary alicyclic amines) is 1. The van der Waals surface area contributed by atoms with E-state index in [0.29, 0.717) is 12.2 Å². The Kier molecular flexibility index (Phi) is 6.61. The summed E-state index contributed by atoms with van der Waals surface area (Å²) in [6.07, 6.45) is 4.55. The van der Waals surface area contributed by atoms with Gasteiger partial charge in [-0.05, 0) is 55.3 Å². The molecule has 39 heavy (non-hydrogen) atoms. The van der Waals surface area contributed by atoms with Gasteiger partial charge < -0.3 is 14.6 Å². The molecule has 208 valence electrons. The molecular weight excluding hydrogens is 516 g/mol. The Labute approximate surface area is 230 Å². The van der Waals surface area contributed by atoms with Gasteiger partial charge in [0.25, 0.3) is 0 Å². The fraction of sp³-hybridized carbons (Fsp3) is 0.500. The number of ketones is 1. The molecule has 2 unspecified atom stereocenters. The first-order chi connectivity index (χ1) is 18.7. The largest absolute Gasteiger partial charge is 0.504 e. The highest BCUT2D eigenvalue weighted by molar-refractivity contribution is 7.88. The van der Waals surface area contributed by atoms with Crippen molar-refractivity contribution in [1.29, 1.82) is 0 Å². The minimum absolute atomic E-state index is 0.0845. The highest BCUT2D eigenvalue weighted by atomic mass is 32.2. The second-order valence-electron chi connectivity index (χ2n) is 11.4. The van der Waals surface area contributed by atoms with Crippen molar-refractivity contribution < 1.29 is 27.8 Å². The summed E-state index contributed by atoms with van der Waals surface area (Å²) < 4.78 is 40.6. The molecule has 8 nitrogen and oxygen atoms in total. The number of methoxy groups -OCH3 is 1. The van der Waals surface area contributed by atoms with Gasteiger partial charge in [0, 0.05) is 37.7 Å². The van der Waals surface area contributed by atoms with Crippen LogP contribution in [0.5, 0.6) is 11.5 Å². The van der Waals surface area contributed by atoms with Gasteiger partial charge in [0.15, 0.2) is 17.3 Å². The lowest BCUT2D eigenvalue weighted by Crippen LogP contribution is -2.68. The van der Waals surface area contributed by atoms with Crippen LogP contribution < -0.4 is 4.74 Å². The number of aromatic hydroxyl groups is 1. The second-order valence-corrected chi connectivity index (χ2v) is 13.4. The molecule has 2 heterocycles. The molecule has 6 rings (SSSR count). The van der Waals surface area contributed by atoms with Crippen molar-refractivity contribution in [3.8, 4) is 11.5 Å². The summed E-state index contributed by atoms with van der Waals surface area (Å²) in [7, 11) is -0.527. The standard InChI is InChI=1S/C30H36N2O6S/c1-4-13-32-14-12-30-22-10-11-23(31(2)39(35,36)18-19-8-6-5-7-9-19)29(30)38-28-26(30)20(16-24(22)32)15-21(27(28)34)25(33)17-37-3/h4-9,15,22-24,29,34H,1,10-14,16-18H2,2-3H3/t22-,23?,24+,29?,30-/m0/s1. The van der Waals surface area contributed by atoms with Gasteiger partial charge in [-0.3, -0.25) is 9.69 Å². The zero-order valence-corrected chi connectivity index (χ0v) is 23.3. The van der Waals surface area contributed by atoms with Crippen LogP contribution in [0.25, 0.3) is 0 Å². The fourth-order valence-electron chi connectivity index (χ4n) is 7.95. The van der Waals surface area contributed by atoms with Gasteiger partial charge in [0.05, 0.1) is 17.4 Å². The molecule has 0 aromatic heterocycles. The maximum absolute atomic E-state index is 13.7. The van der Waals surface area contributed by atoms with E-state index in [9.17, 15) is 18.3 Å². The third-order valence-electron chi connectivity index (χ3n) is 9.55. The quantitative estimate of drug-likeness (QED) is 0.377. The Balaban J connectivity index is 1.44. The Morgan fingerprint density at radius 1 is 1.31 bits per heavy atom. The smallest absolute Gasteiger partial charge is 0.218 e. The van der Waals surface area contributed by atoms with E-state index in [1.165, 1.54) is 11.4 Å². The molecule has 0 radical (unpaired) electrons. The maximum Gasteiger partial charge on any atom is 0.218 e. The monoisotopic (exact) mass is 552 g/mol. The Bertz CT molecular complexity index is 1410. The summed E-state index contributed by atoms with van der Waals surface area (Å²) in [6, 6.07) is 10.9. The topological polar surface area (TPSA) is 96.4 Å². The van der Waals surface area contributed by atoms with E-state index < -0.39 is 27.6 Å². The lowest BCUT2D eigenvalue weighted by molar-refractivity contribution is -0.0713. The Morgan fingerprint density at radius 3 is 2.79 bits per heavy atom. The number of likely N-dealkylation sites (N-methyl/N-ethyl adjacent to an activating group) is 1. The van der Waals surface area contributed by atoms with Crippen LogP contribution in [0.4, 0.5) is 0 Å². The van der Waals surface area contributed by atoms with Crippen LogP contribution in [0.1, 0.15) is 46.3 Å². The molecule has 5 atom stereocenters. The lowest BCUT2D eigenvalue weighted by atomic mass is 9.51. The summed E-state index contributed by atoms with van der Waals surface area (Å²) in [5.74, 6) is 0.0710. The van der Waals surface area contributed by atoms with E-state index in [1.807, 2.05) is 42.5 Å². The van der Waals surface area contributed by atoms with Gasteiger partial charge in [0.2, 0.25) is 10.0 Å². The summed E-state index contributed by atoms with van der Waals surface area (Å²) >= 11 is 0. The zero-order valence-electron chi connectivity index (χ0n) is 22.5. The van der Waals surface area contributed by atoms with E-state index >= 15 is 0 Å². The van der Waals surface area contributed by atoms with Crippen LogP contribution in [0, 0.1) is 5.92 Å². The normalized spacial score (nSPS) is 29.1. The number of hydrogen-bond acceptors (Lipinski definition) is 7. The SMILES string of the molecule is C=CCN1CC[C@]23c4c5cc(C(=O)COC)c(O)c4OC2C(N(C)S(=O)(=O)Cc2ccccc2)CC[C@H]3[C@H]1C5. The third-order valence-corrected chi connectivity index (χ3v) is 11.4. The number of carbonyl (C=O) groups excluding carboxylic acids is 1. The van der Waals surface area contributed by atoms with Gasteiger partial charge in [-0.25, -0.2) is 8.42 Å². The molecule has 2 aliphatic carbocycles. The molecule has 1 saturated heterocycles. The number of hydrogen-bond donors (Lipinski definition) is 1. The number of piperidine rings is 1. The van der Waals surface area contributed by atoms with Crippen molar-refractivity contribution in [3.63, 3.8) is 0 Å². The molecule has 9 heteroatoms. The van der Waals surface area contributed by atoms with E-state index in [4.69, 9.17) is 9.47 Å². The van der Waals surface area contributed by atoms with Gasteiger partial charge in [-0.2, -0.15) is 4.31 Å². The van der Waals surface area contributed by atoms with E-state index in [-0.39, 0.29) is 41.4 Å². The van der Waals surface area contributed by atoms with Crippen molar-refractivity contribution in [2.24, 2.45) is 5.92 Å². The first kappa shape index (κ1) is 26.5. The maximum atomic E-state index is 13.7. The lowest BCUT2D eigenvalue weighted by Gasteiger charge is -2.60. The summed E-state index contributed by atoms with van der Waals surface area (Å²) in [5.41, 5.74) is 2.51. The molecule has 2 aromatic rings. The zero-order chi connectivity index (χ0) is 27.5. The summed E-state index contributed by atoms with van der Waals surface area (Å²) in [6.45, 7) is 5.44. The molecule has 2 fully saturated rings. The van der Waals surface area contributed by atoms with Crippen LogP contribution in [0.15, 0.2) is 49.1 Å². The van der Waals surface area contributed by atoms with Gasteiger partial charge in [-0.15, -0.1) is 6.58 Å². The third kappa shape index (κ3) is 3.96. The van der Waals surface area contributed by atoms with E-state index in [2.05, 4.69) is 11.5 Å². The van der Waals surface area contributed by atoms with Crippen LogP contribution in [0.3, 0.4) is 0 Å². The van der Waals surface area contributed by atoms with Gasteiger partial charge in [-0.1, -0.05) is 36.4 Å². The molecule has 2 aromatic carbocycles. The predicted molar refractivity (Wildman–Crippen MR) is 148 cm³/mol. The number of phenols is 1. The molecule has 2 bridgehead atoms. The van der Waals surface area contributed by atoms with Gasteiger partial charge >= 0.3 is 0 Å². The number of phenolic OH excluding ortho intramolecular Hbond substituents is 1. The minimum Gasteiger partial charge on any atom is -0.504 e. The van der Waals surface area contributed by atoms with E-state index in [1.54, 1.807) is 7.05 Å². The van der Waals surface area contributed by atoms with Crippen molar-refractivity contribution in [3.05, 3.63) is 71.3 Å². The highest BCUT2D eigenvalue weighted by Gasteiger charge is 2.66. The first-order valence-corrected chi connectivity index (χ1v) is 15.3. The molecule has 1 spiro atoms. The average molecular weight is 553 g/mol. The highest BCUT2D eigenvalue weighted by Crippen LogP contribution is 2.64.